The average Bonchev–Trinajstić information content (AvgIpc) is 3.20. The molecule has 2 saturated heterocycles. The molecule has 1 spiro atoms. The minimum atomic E-state index is -1.04. The van der Waals surface area contributed by atoms with Crippen molar-refractivity contribution in [2.24, 2.45) is 5.41 Å². The van der Waals surface area contributed by atoms with Gasteiger partial charge in [-0.1, -0.05) is 13.0 Å². The monoisotopic (exact) mass is 401 g/mol. The Hall–Kier alpha value is -1.83. The maximum absolute atomic E-state index is 12.2. The van der Waals surface area contributed by atoms with Gasteiger partial charge >= 0.3 is 5.97 Å². The zero-order valence-electron chi connectivity index (χ0n) is 16.6. The second kappa shape index (κ2) is 5.45. The number of phenolic OH excluding ortho intramolecular Hbond substituents is 1. The Balaban J connectivity index is 1.47. The number of phenols is 1. The van der Waals surface area contributed by atoms with Crippen LogP contribution in [0.15, 0.2) is 12.1 Å². The van der Waals surface area contributed by atoms with Crippen LogP contribution in [0.3, 0.4) is 0 Å². The van der Waals surface area contributed by atoms with Crippen LogP contribution in [0, 0.1) is 5.41 Å². The second-order valence-electron chi connectivity index (χ2n) is 10.1. The van der Waals surface area contributed by atoms with Crippen LogP contribution >= 0.6 is 0 Å². The number of likely N-dealkylation sites (tertiary alicyclic amines) is 1. The molecule has 5 aliphatic rings. The zero-order valence-corrected chi connectivity index (χ0v) is 16.6. The molecular formula is C22H27NO6. The smallest absolute Gasteiger partial charge is 0.306 e. The molecule has 1 aromatic carbocycles. The predicted octanol–water partition coefficient (Wildman–Crippen LogP) is 0.860. The van der Waals surface area contributed by atoms with E-state index in [1.54, 1.807) is 6.07 Å². The first-order valence-electron chi connectivity index (χ1n) is 10.6. The van der Waals surface area contributed by atoms with E-state index in [9.17, 15) is 20.1 Å². The van der Waals surface area contributed by atoms with Crippen LogP contribution in [0.4, 0.5) is 0 Å². The number of aromatic hydroxyl groups is 1. The molecule has 7 heteroatoms. The van der Waals surface area contributed by atoms with Gasteiger partial charge in [-0.25, -0.2) is 0 Å². The van der Waals surface area contributed by atoms with Crippen LogP contribution in [-0.4, -0.2) is 69.7 Å². The van der Waals surface area contributed by atoms with Crippen LogP contribution in [-0.2, 0) is 21.4 Å². The van der Waals surface area contributed by atoms with Crippen molar-refractivity contribution in [3.8, 4) is 11.5 Å². The van der Waals surface area contributed by atoms with Crippen molar-refractivity contribution < 1.29 is 29.6 Å². The summed E-state index contributed by atoms with van der Waals surface area (Å²) >= 11 is 0. The number of esters is 1. The first-order valence-corrected chi connectivity index (χ1v) is 10.6. The number of cyclic esters (lactones) is 1. The molecule has 1 saturated carbocycles. The number of rotatable bonds is 2. The molecule has 3 N–H and O–H groups in total. The highest BCUT2D eigenvalue weighted by Crippen LogP contribution is 2.65. The molecule has 29 heavy (non-hydrogen) atoms. The fourth-order valence-electron chi connectivity index (χ4n) is 7.09. The molecule has 0 radical (unpaired) electrons. The fourth-order valence-corrected chi connectivity index (χ4v) is 7.09. The van der Waals surface area contributed by atoms with Crippen molar-refractivity contribution >= 4 is 5.97 Å². The van der Waals surface area contributed by atoms with Gasteiger partial charge in [0.1, 0.15) is 6.10 Å². The van der Waals surface area contributed by atoms with Gasteiger partial charge in [-0.15, -0.1) is 0 Å². The van der Waals surface area contributed by atoms with Gasteiger partial charge in [-0.2, -0.15) is 0 Å². The highest BCUT2D eigenvalue weighted by Gasteiger charge is 2.73. The van der Waals surface area contributed by atoms with Crippen LogP contribution < -0.4 is 4.74 Å². The minimum Gasteiger partial charge on any atom is -0.504 e. The summed E-state index contributed by atoms with van der Waals surface area (Å²) < 4.78 is 11.4. The predicted molar refractivity (Wildman–Crippen MR) is 102 cm³/mol. The van der Waals surface area contributed by atoms with Crippen molar-refractivity contribution in [2.45, 2.75) is 68.3 Å². The Morgan fingerprint density at radius 1 is 1.31 bits per heavy atom. The summed E-state index contributed by atoms with van der Waals surface area (Å²) in [6.07, 6.45) is 1.47. The lowest BCUT2D eigenvalue weighted by Crippen LogP contribution is -2.77. The lowest BCUT2D eigenvalue weighted by atomic mass is 9.48. The molecule has 156 valence electrons. The Morgan fingerprint density at radius 3 is 2.90 bits per heavy atom. The Bertz CT molecular complexity index is 919. The minimum absolute atomic E-state index is 0.0806. The number of piperidine rings is 1. The molecule has 1 unspecified atom stereocenters. The van der Waals surface area contributed by atoms with Gasteiger partial charge in [0.2, 0.25) is 0 Å². The number of benzene rings is 1. The highest BCUT2D eigenvalue weighted by atomic mass is 16.5. The number of ether oxygens (including phenoxy) is 2. The number of aliphatic hydroxyl groups excluding tert-OH is 1. The number of nitrogens with zero attached hydrogens (tertiary/aromatic N) is 1. The number of carbonyl (C=O) groups excluding carboxylic acids is 1. The first-order chi connectivity index (χ1) is 13.8. The SMILES string of the molecule is CC1(CN2CC[C@]34c5c6ccc(O)c5O[C@H]3[C@@H](O)CC[C@@]4(O)[C@H]2C6)COC(=O)C1. The van der Waals surface area contributed by atoms with Gasteiger partial charge in [-0.3, -0.25) is 9.69 Å². The first kappa shape index (κ1) is 18.0. The average molecular weight is 401 g/mol. The molecule has 6 atom stereocenters. The van der Waals surface area contributed by atoms with Crippen LogP contribution in [0.1, 0.15) is 43.7 Å². The van der Waals surface area contributed by atoms with E-state index in [1.165, 1.54) is 0 Å². The molecule has 6 rings (SSSR count). The number of aliphatic hydroxyl groups is 2. The fraction of sp³-hybridized carbons (Fsp3) is 0.682. The largest absolute Gasteiger partial charge is 0.504 e. The third-order valence-electron chi connectivity index (χ3n) is 8.28. The number of hydrogen-bond donors (Lipinski definition) is 3. The molecule has 1 aromatic rings. The Labute approximate surface area is 169 Å². The molecule has 2 aliphatic carbocycles. The molecule has 3 fully saturated rings. The van der Waals surface area contributed by atoms with Crippen molar-refractivity contribution in [2.75, 3.05) is 19.7 Å². The van der Waals surface area contributed by atoms with Crippen molar-refractivity contribution in [3.63, 3.8) is 0 Å². The molecule has 0 aromatic heterocycles. The van der Waals surface area contributed by atoms with E-state index in [4.69, 9.17) is 9.47 Å². The van der Waals surface area contributed by atoms with E-state index in [0.29, 0.717) is 51.0 Å². The molecule has 2 bridgehead atoms. The van der Waals surface area contributed by atoms with Crippen molar-refractivity contribution in [1.29, 1.82) is 0 Å². The van der Waals surface area contributed by atoms with E-state index in [2.05, 4.69) is 11.8 Å². The van der Waals surface area contributed by atoms with Crippen molar-refractivity contribution in [3.05, 3.63) is 23.3 Å². The standard InChI is InChI=1S/C22H27NO6/c1-20(9-16(26)28-11-20)10-23-7-6-21-17-12-2-3-13(24)18(17)29-19(21)14(25)4-5-22(21,27)15(23)8-12/h2-3,14-15,19,24-25,27H,4-11H2,1H3/t14-,15+,19-,20?,21-,22+/m0/s1. The topological polar surface area (TPSA) is 99.5 Å². The lowest BCUT2D eigenvalue weighted by molar-refractivity contribution is -0.210. The van der Waals surface area contributed by atoms with Crippen molar-refractivity contribution in [1.82, 2.24) is 4.90 Å². The maximum atomic E-state index is 12.2. The maximum Gasteiger partial charge on any atom is 0.306 e. The van der Waals surface area contributed by atoms with Gasteiger partial charge < -0.3 is 24.8 Å². The van der Waals surface area contributed by atoms with E-state index in [1.807, 2.05) is 6.07 Å². The summed E-state index contributed by atoms with van der Waals surface area (Å²) in [5, 5.41) is 33.4. The zero-order chi connectivity index (χ0) is 20.2. The third kappa shape index (κ3) is 2.06. The summed E-state index contributed by atoms with van der Waals surface area (Å²) in [6.45, 7) is 3.93. The van der Waals surface area contributed by atoms with Crippen LogP contribution in [0.2, 0.25) is 0 Å². The van der Waals surface area contributed by atoms with Gasteiger partial charge in [-0.05, 0) is 43.9 Å². The van der Waals surface area contributed by atoms with E-state index in [-0.39, 0.29) is 23.2 Å². The quantitative estimate of drug-likeness (QED) is 0.632. The summed E-state index contributed by atoms with van der Waals surface area (Å²) in [4.78, 5) is 14.1. The summed E-state index contributed by atoms with van der Waals surface area (Å²) in [5.74, 6) is 0.372. The second-order valence-corrected chi connectivity index (χ2v) is 10.1. The molecule has 7 nitrogen and oxygen atoms in total. The molecular weight excluding hydrogens is 374 g/mol. The van der Waals surface area contributed by atoms with E-state index < -0.39 is 23.2 Å². The Morgan fingerprint density at radius 2 is 2.14 bits per heavy atom. The lowest BCUT2D eigenvalue weighted by Gasteiger charge is -2.64. The van der Waals surface area contributed by atoms with Gasteiger partial charge in [0, 0.05) is 23.6 Å². The third-order valence-corrected chi connectivity index (χ3v) is 8.28. The van der Waals surface area contributed by atoms with Gasteiger partial charge in [0.05, 0.1) is 30.1 Å². The summed E-state index contributed by atoms with van der Waals surface area (Å²) in [6, 6.07) is 3.47. The number of hydrogen-bond acceptors (Lipinski definition) is 7. The van der Waals surface area contributed by atoms with Gasteiger partial charge in [0.15, 0.2) is 11.5 Å². The van der Waals surface area contributed by atoms with Crippen LogP contribution in [0.25, 0.3) is 0 Å². The summed E-state index contributed by atoms with van der Waals surface area (Å²) in [5.41, 5.74) is -0.00176. The Kier molecular flexibility index (Phi) is 3.38. The normalized spacial score (nSPS) is 44.9. The summed E-state index contributed by atoms with van der Waals surface area (Å²) in [7, 11) is 0. The van der Waals surface area contributed by atoms with E-state index in [0.717, 1.165) is 17.7 Å². The van der Waals surface area contributed by atoms with E-state index >= 15 is 0 Å². The molecule has 3 heterocycles. The number of carbonyl (C=O) groups is 1. The molecule has 3 aliphatic heterocycles. The van der Waals surface area contributed by atoms with Crippen LogP contribution in [0.5, 0.6) is 11.5 Å². The highest BCUT2D eigenvalue weighted by molar-refractivity contribution is 5.72. The molecule has 0 amide bonds. The van der Waals surface area contributed by atoms with Gasteiger partial charge in [0.25, 0.3) is 0 Å².